The molecule has 1 aliphatic rings. The number of hydrogen-bond acceptors (Lipinski definition) is 3. The summed E-state index contributed by atoms with van der Waals surface area (Å²) in [6, 6.07) is 7.38. The summed E-state index contributed by atoms with van der Waals surface area (Å²) in [5.74, 6) is 0.332. The molecule has 1 aliphatic heterocycles. The number of nitrogens with zero attached hydrogens (tertiary/aromatic N) is 1. The minimum Gasteiger partial charge on any atom is -0.508 e. The van der Waals surface area contributed by atoms with E-state index in [1.165, 1.54) is 5.69 Å². The third-order valence-electron chi connectivity index (χ3n) is 2.33. The lowest BCUT2D eigenvalue weighted by molar-refractivity contribution is 0.475. The van der Waals surface area contributed by atoms with Crippen LogP contribution in [-0.4, -0.2) is 31.3 Å². The van der Waals surface area contributed by atoms with Gasteiger partial charge in [0.15, 0.2) is 0 Å². The molecular formula is C10H16Cl2N2O. The molecule has 1 heterocycles. The number of rotatable bonds is 1. The fourth-order valence-corrected chi connectivity index (χ4v) is 1.59. The molecule has 1 aromatic carbocycles. The van der Waals surface area contributed by atoms with Crippen LogP contribution in [0.2, 0.25) is 0 Å². The molecule has 0 spiro atoms. The summed E-state index contributed by atoms with van der Waals surface area (Å²) in [5.41, 5.74) is 1.19. The van der Waals surface area contributed by atoms with Crippen molar-refractivity contribution in [2.75, 3.05) is 31.1 Å². The Morgan fingerprint density at radius 3 is 2.07 bits per heavy atom. The molecule has 0 aliphatic carbocycles. The van der Waals surface area contributed by atoms with Gasteiger partial charge in [-0.1, -0.05) is 0 Å². The highest BCUT2D eigenvalue weighted by atomic mass is 35.5. The number of anilines is 1. The predicted octanol–water partition coefficient (Wildman–Crippen LogP) is 1.65. The third-order valence-corrected chi connectivity index (χ3v) is 2.33. The Bertz CT molecular complexity index is 273. The van der Waals surface area contributed by atoms with Crippen molar-refractivity contribution in [1.29, 1.82) is 0 Å². The molecule has 1 saturated heterocycles. The van der Waals surface area contributed by atoms with E-state index < -0.39 is 0 Å². The van der Waals surface area contributed by atoms with E-state index in [-0.39, 0.29) is 24.8 Å². The van der Waals surface area contributed by atoms with Gasteiger partial charge in [0.2, 0.25) is 0 Å². The minimum atomic E-state index is 0. The van der Waals surface area contributed by atoms with Crippen molar-refractivity contribution < 1.29 is 5.11 Å². The van der Waals surface area contributed by atoms with E-state index in [0.29, 0.717) is 5.75 Å². The van der Waals surface area contributed by atoms with E-state index >= 15 is 0 Å². The van der Waals surface area contributed by atoms with Crippen LogP contribution in [0.3, 0.4) is 0 Å². The first-order valence-electron chi connectivity index (χ1n) is 4.61. The monoisotopic (exact) mass is 250 g/mol. The second-order valence-corrected chi connectivity index (χ2v) is 3.25. The zero-order valence-corrected chi connectivity index (χ0v) is 9.98. The molecule has 2 rings (SSSR count). The molecule has 0 bridgehead atoms. The van der Waals surface area contributed by atoms with Gasteiger partial charge in [0.25, 0.3) is 0 Å². The minimum absolute atomic E-state index is 0. The van der Waals surface area contributed by atoms with Crippen molar-refractivity contribution in [3.63, 3.8) is 0 Å². The summed E-state index contributed by atoms with van der Waals surface area (Å²) in [7, 11) is 0. The van der Waals surface area contributed by atoms with E-state index in [1.54, 1.807) is 12.1 Å². The first kappa shape index (κ1) is 14.4. The van der Waals surface area contributed by atoms with Crippen LogP contribution in [0.4, 0.5) is 5.69 Å². The van der Waals surface area contributed by atoms with Crippen molar-refractivity contribution >= 4 is 30.5 Å². The van der Waals surface area contributed by atoms with Gasteiger partial charge in [-0.3, -0.25) is 0 Å². The van der Waals surface area contributed by atoms with Crippen LogP contribution < -0.4 is 10.2 Å². The van der Waals surface area contributed by atoms with E-state index in [0.717, 1.165) is 26.2 Å². The third kappa shape index (κ3) is 3.78. The fourth-order valence-electron chi connectivity index (χ4n) is 1.59. The average Bonchev–Trinajstić information content (AvgIpc) is 2.20. The summed E-state index contributed by atoms with van der Waals surface area (Å²) in [6.45, 7) is 4.18. The molecule has 0 radical (unpaired) electrons. The highest BCUT2D eigenvalue weighted by Crippen LogP contribution is 2.18. The van der Waals surface area contributed by atoms with Gasteiger partial charge in [-0.25, -0.2) is 0 Å². The zero-order valence-electron chi connectivity index (χ0n) is 8.35. The number of phenols is 1. The summed E-state index contributed by atoms with van der Waals surface area (Å²) in [4.78, 5) is 2.32. The maximum atomic E-state index is 9.12. The van der Waals surface area contributed by atoms with Gasteiger partial charge in [0, 0.05) is 31.9 Å². The molecule has 1 aromatic rings. The highest BCUT2D eigenvalue weighted by molar-refractivity contribution is 5.85. The number of nitrogens with one attached hydrogen (secondary N) is 1. The van der Waals surface area contributed by atoms with Crippen molar-refractivity contribution in [2.45, 2.75) is 0 Å². The van der Waals surface area contributed by atoms with Gasteiger partial charge in [0.1, 0.15) is 5.75 Å². The number of hydrogen-bond donors (Lipinski definition) is 2. The topological polar surface area (TPSA) is 35.5 Å². The predicted molar refractivity (Wildman–Crippen MR) is 67.7 cm³/mol. The molecule has 3 nitrogen and oxygen atoms in total. The van der Waals surface area contributed by atoms with Crippen molar-refractivity contribution in [3.05, 3.63) is 24.3 Å². The average molecular weight is 251 g/mol. The lowest BCUT2D eigenvalue weighted by Crippen LogP contribution is -2.43. The molecule has 0 unspecified atom stereocenters. The maximum absolute atomic E-state index is 9.12. The van der Waals surface area contributed by atoms with Gasteiger partial charge in [-0.15, -0.1) is 24.8 Å². The second kappa shape index (κ2) is 6.77. The van der Waals surface area contributed by atoms with Gasteiger partial charge in [-0.05, 0) is 24.3 Å². The van der Waals surface area contributed by atoms with Crippen molar-refractivity contribution in [1.82, 2.24) is 5.32 Å². The maximum Gasteiger partial charge on any atom is 0.115 e. The number of benzene rings is 1. The molecule has 5 heteroatoms. The smallest absolute Gasteiger partial charge is 0.115 e. The number of aromatic hydroxyl groups is 1. The number of halogens is 2. The fraction of sp³-hybridized carbons (Fsp3) is 0.400. The van der Waals surface area contributed by atoms with E-state index in [9.17, 15) is 0 Å². The Labute approximate surface area is 102 Å². The molecule has 0 aromatic heterocycles. The van der Waals surface area contributed by atoms with Crippen LogP contribution >= 0.6 is 24.8 Å². The summed E-state index contributed by atoms with van der Waals surface area (Å²) in [6.07, 6.45) is 0. The Balaban J connectivity index is 0.000000980. The standard InChI is InChI=1S/C10H14N2O.2ClH/c13-10-3-1-9(2-4-10)12-7-5-11-6-8-12;;/h1-4,11,13H,5-8H2;2*1H. The van der Waals surface area contributed by atoms with E-state index in [4.69, 9.17) is 5.11 Å². The molecule has 0 atom stereocenters. The first-order chi connectivity index (χ1) is 6.36. The van der Waals surface area contributed by atoms with Crippen LogP contribution in [0.1, 0.15) is 0 Å². The van der Waals surface area contributed by atoms with Crippen LogP contribution in [0.5, 0.6) is 5.75 Å². The summed E-state index contributed by atoms with van der Waals surface area (Å²) < 4.78 is 0. The van der Waals surface area contributed by atoms with E-state index in [1.807, 2.05) is 12.1 Å². The normalized spacial score (nSPS) is 15.1. The molecule has 0 amide bonds. The Morgan fingerprint density at radius 1 is 1.00 bits per heavy atom. The van der Waals surface area contributed by atoms with Crippen LogP contribution in [0, 0.1) is 0 Å². The van der Waals surface area contributed by atoms with Crippen LogP contribution in [-0.2, 0) is 0 Å². The lowest BCUT2D eigenvalue weighted by atomic mass is 10.2. The second-order valence-electron chi connectivity index (χ2n) is 3.25. The van der Waals surface area contributed by atoms with Crippen LogP contribution in [0.25, 0.3) is 0 Å². The Kier molecular flexibility index (Phi) is 6.48. The van der Waals surface area contributed by atoms with Gasteiger partial charge < -0.3 is 15.3 Å². The van der Waals surface area contributed by atoms with E-state index in [2.05, 4.69) is 10.2 Å². The molecule has 2 N–H and O–H groups in total. The quantitative estimate of drug-likeness (QED) is 0.796. The summed E-state index contributed by atoms with van der Waals surface area (Å²) >= 11 is 0. The highest BCUT2D eigenvalue weighted by Gasteiger charge is 2.09. The van der Waals surface area contributed by atoms with Gasteiger partial charge >= 0.3 is 0 Å². The molecule has 86 valence electrons. The van der Waals surface area contributed by atoms with Crippen molar-refractivity contribution in [2.24, 2.45) is 0 Å². The van der Waals surface area contributed by atoms with Crippen molar-refractivity contribution in [3.8, 4) is 5.75 Å². The molecule has 15 heavy (non-hydrogen) atoms. The Morgan fingerprint density at radius 2 is 1.53 bits per heavy atom. The van der Waals surface area contributed by atoms with Gasteiger partial charge in [-0.2, -0.15) is 0 Å². The zero-order chi connectivity index (χ0) is 9.10. The number of piperazine rings is 1. The first-order valence-corrected chi connectivity index (χ1v) is 4.61. The molecular weight excluding hydrogens is 235 g/mol. The molecule has 0 saturated carbocycles. The summed E-state index contributed by atoms with van der Waals surface area (Å²) in [5, 5.41) is 12.4. The number of phenolic OH excluding ortho intramolecular Hbond substituents is 1. The SMILES string of the molecule is Cl.Cl.Oc1ccc(N2CCNCC2)cc1. The lowest BCUT2D eigenvalue weighted by Gasteiger charge is -2.29. The largest absolute Gasteiger partial charge is 0.508 e. The van der Waals surface area contributed by atoms with Gasteiger partial charge in [0.05, 0.1) is 0 Å². The molecule has 1 fully saturated rings. The van der Waals surface area contributed by atoms with Crippen LogP contribution in [0.15, 0.2) is 24.3 Å². The Hall–Kier alpha value is -0.640.